The summed E-state index contributed by atoms with van der Waals surface area (Å²) in [4.78, 5) is 24.2. The van der Waals surface area contributed by atoms with E-state index in [9.17, 15) is 14.9 Å². The standard InChI is InChI=1S/C16H14BrClN2O4/c1-19(8-9-24-13-5-3-12(18)4-6-13)16(21)11-2-7-14(17)15(10-11)20(22)23/h2-7,10H,8-9H2,1H3. The number of benzene rings is 2. The molecule has 2 rings (SSSR count). The van der Waals surface area contributed by atoms with Gasteiger partial charge in [0, 0.05) is 23.7 Å². The van der Waals surface area contributed by atoms with Crippen molar-refractivity contribution in [2.75, 3.05) is 20.2 Å². The second-order valence-electron chi connectivity index (χ2n) is 4.95. The molecule has 1 amide bonds. The topological polar surface area (TPSA) is 72.7 Å². The number of amides is 1. The summed E-state index contributed by atoms with van der Waals surface area (Å²) < 4.78 is 5.86. The lowest BCUT2D eigenvalue weighted by molar-refractivity contribution is -0.385. The summed E-state index contributed by atoms with van der Waals surface area (Å²) >= 11 is 8.89. The summed E-state index contributed by atoms with van der Waals surface area (Å²) in [7, 11) is 1.61. The monoisotopic (exact) mass is 412 g/mol. The number of likely N-dealkylation sites (N-methyl/N-ethyl adjacent to an activating group) is 1. The van der Waals surface area contributed by atoms with Gasteiger partial charge in [0.05, 0.1) is 15.9 Å². The maximum atomic E-state index is 12.3. The molecule has 24 heavy (non-hydrogen) atoms. The molecule has 2 aromatic rings. The average Bonchev–Trinajstić information content (AvgIpc) is 2.56. The number of rotatable bonds is 6. The van der Waals surface area contributed by atoms with Gasteiger partial charge >= 0.3 is 0 Å². The number of nitro benzene ring substituents is 1. The quantitative estimate of drug-likeness (QED) is 0.526. The molecule has 0 aromatic heterocycles. The van der Waals surface area contributed by atoms with Crippen molar-refractivity contribution in [1.82, 2.24) is 4.90 Å². The third-order valence-corrected chi connectivity index (χ3v) is 4.17. The second-order valence-corrected chi connectivity index (χ2v) is 6.24. The first kappa shape index (κ1) is 18.2. The van der Waals surface area contributed by atoms with Crippen LogP contribution < -0.4 is 4.74 Å². The van der Waals surface area contributed by atoms with Crippen molar-refractivity contribution in [3.05, 3.63) is 67.6 Å². The maximum Gasteiger partial charge on any atom is 0.284 e. The van der Waals surface area contributed by atoms with Crippen molar-refractivity contribution >= 4 is 39.1 Å². The highest BCUT2D eigenvalue weighted by Crippen LogP contribution is 2.26. The summed E-state index contributed by atoms with van der Waals surface area (Å²) in [5.74, 6) is 0.338. The highest BCUT2D eigenvalue weighted by atomic mass is 79.9. The Kier molecular flexibility index (Phi) is 6.16. The van der Waals surface area contributed by atoms with E-state index in [1.54, 1.807) is 31.3 Å². The van der Waals surface area contributed by atoms with Crippen molar-refractivity contribution in [3.8, 4) is 5.75 Å². The van der Waals surface area contributed by atoms with Crippen LogP contribution in [-0.2, 0) is 0 Å². The predicted molar refractivity (Wildman–Crippen MR) is 94.7 cm³/mol. The van der Waals surface area contributed by atoms with E-state index in [0.717, 1.165) is 0 Å². The summed E-state index contributed by atoms with van der Waals surface area (Å²) in [6.45, 7) is 0.633. The molecule has 0 aliphatic carbocycles. The van der Waals surface area contributed by atoms with Crippen LogP contribution in [0.5, 0.6) is 5.75 Å². The lowest BCUT2D eigenvalue weighted by atomic mass is 10.2. The van der Waals surface area contributed by atoms with Gasteiger partial charge in [-0.05, 0) is 52.3 Å². The van der Waals surface area contributed by atoms with Crippen LogP contribution in [0.15, 0.2) is 46.9 Å². The number of carbonyl (C=O) groups excluding carboxylic acids is 1. The molecular weight excluding hydrogens is 400 g/mol. The molecule has 0 spiro atoms. The van der Waals surface area contributed by atoms with Gasteiger partial charge in [0.1, 0.15) is 12.4 Å². The van der Waals surface area contributed by atoms with Crippen LogP contribution in [0, 0.1) is 10.1 Å². The van der Waals surface area contributed by atoms with Crippen LogP contribution in [0.1, 0.15) is 10.4 Å². The maximum absolute atomic E-state index is 12.3. The molecule has 0 heterocycles. The molecule has 6 nitrogen and oxygen atoms in total. The average molecular weight is 414 g/mol. The molecule has 0 aliphatic heterocycles. The Morgan fingerprint density at radius 3 is 2.58 bits per heavy atom. The molecule has 0 bridgehead atoms. The Morgan fingerprint density at radius 2 is 1.96 bits per heavy atom. The number of carbonyl (C=O) groups is 1. The van der Waals surface area contributed by atoms with E-state index in [-0.39, 0.29) is 17.2 Å². The Hall–Kier alpha value is -2.12. The van der Waals surface area contributed by atoms with E-state index >= 15 is 0 Å². The van der Waals surface area contributed by atoms with E-state index in [1.165, 1.54) is 23.1 Å². The summed E-state index contributed by atoms with van der Waals surface area (Å²) in [6.07, 6.45) is 0. The van der Waals surface area contributed by atoms with Gasteiger partial charge < -0.3 is 9.64 Å². The zero-order chi connectivity index (χ0) is 17.7. The Labute approximate surface area is 152 Å². The van der Waals surface area contributed by atoms with Crippen LogP contribution in [0.3, 0.4) is 0 Å². The highest BCUT2D eigenvalue weighted by molar-refractivity contribution is 9.10. The van der Waals surface area contributed by atoms with Crippen molar-refractivity contribution < 1.29 is 14.5 Å². The molecule has 0 aliphatic rings. The van der Waals surface area contributed by atoms with E-state index < -0.39 is 4.92 Å². The Balaban J connectivity index is 1.95. The second kappa shape index (κ2) is 8.12. The summed E-state index contributed by atoms with van der Waals surface area (Å²) in [6, 6.07) is 11.2. The molecule has 0 N–H and O–H groups in total. The van der Waals surface area contributed by atoms with Crippen molar-refractivity contribution in [2.24, 2.45) is 0 Å². The molecule has 0 fully saturated rings. The van der Waals surface area contributed by atoms with Gasteiger partial charge in [0.25, 0.3) is 11.6 Å². The van der Waals surface area contributed by atoms with E-state index in [2.05, 4.69) is 15.9 Å². The fourth-order valence-electron chi connectivity index (χ4n) is 1.94. The first-order valence-corrected chi connectivity index (χ1v) is 8.13. The van der Waals surface area contributed by atoms with Gasteiger partial charge in [-0.2, -0.15) is 0 Å². The van der Waals surface area contributed by atoms with Crippen LogP contribution >= 0.6 is 27.5 Å². The highest BCUT2D eigenvalue weighted by Gasteiger charge is 2.18. The predicted octanol–water partition coefficient (Wildman–Crippen LogP) is 4.16. The lowest BCUT2D eigenvalue weighted by Crippen LogP contribution is -2.30. The molecule has 126 valence electrons. The van der Waals surface area contributed by atoms with Gasteiger partial charge in [-0.15, -0.1) is 0 Å². The van der Waals surface area contributed by atoms with E-state index in [1.807, 2.05) is 0 Å². The summed E-state index contributed by atoms with van der Waals surface area (Å²) in [5.41, 5.74) is 0.102. The number of hydrogen-bond donors (Lipinski definition) is 0. The Bertz CT molecular complexity index is 752. The number of hydrogen-bond acceptors (Lipinski definition) is 4. The largest absolute Gasteiger partial charge is 0.492 e. The molecule has 8 heteroatoms. The minimum atomic E-state index is -0.537. The summed E-state index contributed by atoms with van der Waals surface area (Å²) in [5, 5.41) is 11.6. The Morgan fingerprint density at radius 1 is 1.29 bits per heavy atom. The van der Waals surface area contributed by atoms with E-state index in [0.29, 0.717) is 28.4 Å². The van der Waals surface area contributed by atoms with Gasteiger partial charge in [0.2, 0.25) is 0 Å². The van der Waals surface area contributed by atoms with Crippen LogP contribution in [0.4, 0.5) is 5.69 Å². The van der Waals surface area contributed by atoms with Gasteiger partial charge in [-0.25, -0.2) is 0 Å². The van der Waals surface area contributed by atoms with Gasteiger partial charge in [0.15, 0.2) is 0 Å². The van der Waals surface area contributed by atoms with Crippen molar-refractivity contribution in [2.45, 2.75) is 0 Å². The fourth-order valence-corrected chi connectivity index (χ4v) is 2.46. The van der Waals surface area contributed by atoms with Gasteiger partial charge in [-0.3, -0.25) is 14.9 Å². The molecule has 0 atom stereocenters. The molecule has 0 saturated carbocycles. The molecule has 0 unspecified atom stereocenters. The van der Waals surface area contributed by atoms with Crippen LogP contribution in [0.2, 0.25) is 5.02 Å². The number of nitro groups is 1. The SMILES string of the molecule is CN(CCOc1ccc(Cl)cc1)C(=O)c1ccc(Br)c([N+](=O)[O-])c1. The van der Waals surface area contributed by atoms with Crippen molar-refractivity contribution in [3.63, 3.8) is 0 Å². The fraction of sp³-hybridized carbons (Fsp3) is 0.188. The normalized spacial score (nSPS) is 10.3. The zero-order valence-electron chi connectivity index (χ0n) is 12.7. The third-order valence-electron chi connectivity index (χ3n) is 3.25. The first-order valence-electron chi connectivity index (χ1n) is 6.96. The lowest BCUT2D eigenvalue weighted by Gasteiger charge is -2.17. The van der Waals surface area contributed by atoms with Gasteiger partial charge in [-0.1, -0.05) is 11.6 Å². The molecular formula is C16H14BrClN2O4. The van der Waals surface area contributed by atoms with Crippen LogP contribution in [0.25, 0.3) is 0 Å². The van der Waals surface area contributed by atoms with E-state index in [4.69, 9.17) is 16.3 Å². The first-order chi connectivity index (χ1) is 11.4. The molecule has 0 saturated heterocycles. The number of ether oxygens (including phenoxy) is 1. The molecule has 2 aromatic carbocycles. The smallest absolute Gasteiger partial charge is 0.284 e. The zero-order valence-corrected chi connectivity index (χ0v) is 15.1. The number of nitrogens with zero attached hydrogens (tertiary/aromatic N) is 2. The minimum absolute atomic E-state index is 0.147. The minimum Gasteiger partial charge on any atom is -0.492 e. The van der Waals surface area contributed by atoms with Crippen LogP contribution in [-0.4, -0.2) is 35.9 Å². The third kappa shape index (κ3) is 4.69. The number of halogens is 2. The van der Waals surface area contributed by atoms with Crippen molar-refractivity contribution in [1.29, 1.82) is 0 Å². The molecule has 0 radical (unpaired) electrons.